The Hall–Kier alpha value is -1.27. The highest BCUT2D eigenvalue weighted by Gasteiger charge is 2.19. The highest BCUT2D eigenvalue weighted by atomic mass is 79.9. The zero-order chi connectivity index (χ0) is 13.1. The van der Waals surface area contributed by atoms with Crippen LogP contribution < -0.4 is 10.6 Å². The summed E-state index contributed by atoms with van der Waals surface area (Å²) in [6, 6.07) is 5.66. The molecule has 2 rings (SSSR count). The summed E-state index contributed by atoms with van der Waals surface area (Å²) in [6.07, 6.45) is 0.231. The second-order valence-electron chi connectivity index (χ2n) is 4.28. The van der Waals surface area contributed by atoms with E-state index in [1.54, 1.807) is 0 Å². The summed E-state index contributed by atoms with van der Waals surface area (Å²) < 4.78 is 6.45. The monoisotopic (exact) mass is 313 g/mol. The lowest BCUT2D eigenvalue weighted by atomic mass is 10.1. The maximum absolute atomic E-state index is 8.65. The number of ether oxygens (including phenoxy) is 1. The molecule has 1 aliphatic heterocycles. The Kier molecular flexibility index (Phi) is 4.08. The molecule has 0 aliphatic carbocycles. The van der Waals surface area contributed by atoms with Crippen LogP contribution in [0, 0.1) is 0 Å². The van der Waals surface area contributed by atoms with Gasteiger partial charge in [0.1, 0.15) is 0 Å². The normalized spacial score (nSPS) is 21.1. The van der Waals surface area contributed by atoms with E-state index in [1.165, 1.54) is 0 Å². The number of nitrogens with zero attached hydrogens (tertiary/aromatic N) is 2. The minimum Gasteiger partial charge on any atom is -0.409 e. The zero-order valence-corrected chi connectivity index (χ0v) is 11.7. The van der Waals surface area contributed by atoms with Crippen LogP contribution in [0.1, 0.15) is 12.5 Å². The Balaban J connectivity index is 2.24. The van der Waals surface area contributed by atoms with Gasteiger partial charge in [-0.15, -0.1) is 0 Å². The lowest BCUT2D eigenvalue weighted by molar-refractivity contribution is 0.0532. The number of halogens is 1. The number of hydrogen-bond donors (Lipinski definition) is 2. The van der Waals surface area contributed by atoms with Crippen LogP contribution in [0.3, 0.4) is 0 Å². The molecule has 0 aromatic heterocycles. The minimum absolute atomic E-state index is 0.109. The Bertz CT molecular complexity index is 465. The van der Waals surface area contributed by atoms with Gasteiger partial charge < -0.3 is 20.6 Å². The molecule has 0 amide bonds. The molecule has 0 saturated carbocycles. The quantitative estimate of drug-likeness (QED) is 0.378. The van der Waals surface area contributed by atoms with Crippen LogP contribution in [0.25, 0.3) is 0 Å². The van der Waals surface area contributed by atoms with Crippen LogP contribution in [-0.4, -0.2) is 36.8 Å². The van der Waals surface area contributed by atoms with Crippen molar-refractivity contribution in [2.75, 3.05) is 24.6 Å². The van der Waals surface area contributed by atoms with Crippen molar-refractivity contribution in [3.63, 3.8) is 0 Å². The number of morpholine rings is 1. The van der Waals surface area contributed by atoms with Gasteiger partial charge in [0.05, 0.1) is 18.4 Å². The summed E-state index contributed by atoms with van der Waals surface area (Å²) in [5, 5.41) is 11.6. The predicted octanol–water partition coefficient (Wildman–Crippen LogP) is 1.77. The molecule has 98 valence electrons. The molecule has 3 N–H and O–H groups in total. The number of amidine groups is 1. The maximum atomic E-state index is 8.65. The largest absolute Gasteiger partial charge is 0.409 e. The second kappa shape index (κ2) is 5.58. The van der Waals surface area contributed by atoms with Gasteiger partial charge in [-0.05, 0) is 41.1 Å². The number of hydrogen-bond acceptors (Lipinski definition) is 4. The third-order valence-electron chi connectivity index (χ3n) is 2.93. The van der Waals surface area contributed by atoms with Crippen molar-refractivity contribution < 1.29 is 9.94 Å². The lowest BCUT2D eigenvalue weighted by Crippen LogP contribution is -2.41. The molecule has 1 atom stereocenters. The standard InChI is InChI=1S/C12H16BrN3O2/c1-8-7-16(4-5-18-8)11-3-2-9(6-10(11)13)12(14)15-17/h2-3,6,8,17H,4-5,7H2,1H3,(H2,14,15). The highest BCUT2D eigenvalue weighted by molar-refractivity contribution is 9.10. The molecule has 1 aromatic carbocycles. The van der Waals surface area contributed by atoms with Crippen LogP contribution in [0.4, 0.5) is 5.69 Å². The van der Waals surface area contributed by atoms with Crippen molar-refractivity contribution >= 4 is 27.5 Å². The maximum Gasteiger partial charge on any atom is 0.170 e. The lowest BCUT2D eigenvalue weighted by Gasteiger charge is -2.33. The molecule has 1 saturated heterocycles. The fourth-order valence-electron chi connectivity index (χ4n) is 2.02. The van der Waals surface area contributed by atoms with Gasteiger partial charge in [-0.1, -0.05) is 5.16 Å². The molecule has 6 heteroatoms. The fraction of sp³-hybridized carbons (Fsp3) is 0.417. The molecule has 18 heavy (non-hydrogen) atoms. The number of oxime groups is 1. The Morgan fingerprint density at radius 1 is 1.61 bits per heavy atom. The van der Waals surface area contributed by atoms with E-state index < -0.39 is 0 Å². The molecule has 1 fully saturated rings. The van der Waals surface area contributed by atoms with Gasteiger partial charge in [0.25, 0.3) is 0 Å². The predicted molar refractivity (Wildman–Crippen MR) is 74.3 cm³/mol. The summed E-state index contributed by atoms with van der Waals surface area (Å²) >= 11 is 3.53. The summed E-state index contributed by atoms with van der Waals surface area (Å²) in [6.45, 7) is 4.52. The molecule has 0 bridgehead atoms. The molecule has 0 spiro atoms. The van der Waals surface area contributed by atoms with Crippen molar-refractivity contribution in [3.8, 4) is 0 Å². The van der Waals surface area contributed by atoms with Crippen LogP contribution in [0.5, 0.6) is 0 Å². The van der Waals surface area contributed by atoms with Crippen LogP contribution >= 0.6 is 15.9 Å². The van der Waals surface area contributed by atoms with E-state index in [9.17, 15) is 0 Å². The van der Waals surface area contributed by atoms with E-state index in [4.69, 9.17) is 15.7 Å². The molecule has 1 aliphatic rings. The molecular formula is C12H16BrN3O2. The van der Waals surface area contributed by atoms with Crippen molar-refractivity contribution in [3.05, 3.63) is 28.2 Å². The SMILES string of the molecule is CC1CN(c2ccc(/C(N)=N/O)cc2Br)CCO1. The van der Waals surface area contributed by atoms with E-state index in [-0.39, 0.29) is 11.9 Å². The molecular weight excluding hydrogens is 298 g/mol. The second-order valence-corrected chi connectivity index (χ2v) is 5.13. The van der Waals surface area contributed by atoms with Gasteiger partial charge in [0.2, 0.25) is 0 Å². The Labute approximate surface area is 114 Å². The number of rotatable bonds is 2. The summed E-state index contributed by atoms with van der Waals surface area (Å²) in [5.74, 6) is 0.109. The van der Waals surface area contributed by atoms with Crippen molar-refractivity contribution in [2.45, 2.75) is 13.0 Å². The first-order valence-electron chi connectivity index (χ1n) is 5.76. The first kappa shape index (κ1) is 13.2. The van der Waals surface area contributed by atoms with Crippen LogP contribution in [-0.2, 0) is 4.74 Å². The molecule has 1 heterocycles. The smallest absolute Gasteiger partial charge is 0.170 e. The summed E-state index contributed by atoms with van der Waals surface area (Å²) in [4.78, 5) is 2.26. The number of nitrogens with two attached hydrogens (primary N) is 1. The Morgan fingerprint density at radius 3 is 3.00 bits per heavy atom. The van der Waals surface area contributed by atoms with Gasteiger partial charge in [-0.25, -0.2) is 0 Å². The average Bonchev–Trinajstić information content (AvgIpc) is 2.37. The first-order chi connectivity index (χ1) is 8.61. The summed E-state index contributed by atoms with van der Waals surface area (Å²) in [5.41, 5.74) is 7.35. The molecule has 1 unspecified atom stereocenters. The topological polar surface area (TPSA) is 71.1 Å². The molecule has 1 aromatic rings. The van der Waals surface area contributed by atoms with Gasteiger partial charge >= 0.3 is 0 Å². The van der Waals surface area contributed by atoms with Gasteiger partial charge in [-0.3, -0.25) is 0 Å². The van der Waals surface area contributed by atoms with Crippen LogP contribution in [0.2, 0.25) is 0 Å². The van der Waals surface area contributed by atoms with E-state index in [1.807, 2.05) is 18.2 Å². The van der Waals surface area contributed by atoms with Crippen molar-refractivity contribution in [1.29, 1.82) is 0 Å². The van der Waals surface area contributed by atoms with E-state index >= 15 is 0 Å². The van der Waals surface area contributed by atoms with Crippen LogP contribution in [0.15, 0.2) is 27.8 Å². The Morgan fingerprint density at radius 2 is 2.39 bits per heavy atom. The molecule has 5 nitrogen and oxygen atoms in total. The van der Waals surface area contributed by atoms with Gasteiger partial charge in [-0.2, -0.15) is 0 Å². The number of benzene rings is 1. The molecule has 0 radical (unpaired) electrons. The van der Waals surface area contributed by atoms with E-state index in [2.05, 4.69) is 32.9 Å². The number of anilines is 1. The fourth-order valence-corrected chi connectivity index (χ4v) is 2.65. The summed E-state index contributed by atoms with van der Waals surface area (Å²) in [7, 11) is 0. The first-order valence-corrected chi connectivity index (χ1v) is 6.55. The average molecular weight is 314 g/mol. The minimum atomic E-state index is 0.109. The van der Waals surface area contributed by atoms with Gasteiger partial charge in [0, 0.05) is 23.1 Å². The van der Waals surface area contributed by atoms with E-state index in [0.717, 1.165) is 29.9 Å². The third-order valence-corrected chi connectivity index (χ3v) is 3.57. The highest BCUT2D eigenvalue weighted by Crippen LogP contribution is 2.28. The third kappa shape index (κ3) is 2.76. The van der Waals surface area contributed by atoms with E-state index in [0.29, 0.717) is 5.56 Å². The van der Waals surface area contributed by atoms with Gasteiger partial charge in [0.15, 0.2) is 5.84 Å². The van der Waals surface area contributed by atoms with Crippen molar-refractivity contribution in [1.82, 2.24) is 0 Å². The zero-order valence-electron chi connectivity index (χ0n) is 10.1. The van der Waals surface area contributed by atoms with Crippen molar-refractivity contribution in [2.24, 2.45) is 10.9 Å².